The molecule has 2 fully saturated rings. The van der Waals surface area contributed by atoms with Crippen molar-refractivity contribution in [3.8, 4) is 0 Å². The molecule has 0 spiro atoms. The molecule has 1 aromatic heterocycles. The highest BCUT2D eigenvalue weighted by atomic mass is 32.2. The van der Waals surface area contributed by atoms with E-state index in [1.165, 1.54) is 19.6 Å². The van der Waals surface area contributed by atoms with Crippen LogP contribution in [0, 0.1) is 0 Å². The van der Waals surface area contributed by atoms with E-state index in [2.05, 4.69) is 4.98 Å². The summed E-state index contributed by atoms with van der Waals surface area (Å²) in [5.74, 6) is -0.346. The summed E-state index contributed by atoms with van der Waals surface area (Å²) >= 11 is 0. The zero-order valence-corrected chi connectivity index (χ0v) is 16.0. The molecule has 0 aliphatic carbocycles. The first-order chi connectivity index (χ1) is 12.2. The fourth-order valence-corrected chi connectivity index (χ4v) is 5.49. The van der Waals surface area contributed by atoms with Crippen molar-refractivity contribution in [3.05, 3.63) is 12.5 Å². The molecule has 3 heterocycles. The van der Waals surface area contributed by atoms with Gasteiger partial charge in [0.05, 0.1) is 12.4 Å². The van der Waals surface area contributed by atoms with E-state index >= 15 is 0 Å². The average Bonchev–Trinajstić information content (AvgIpc) is 3.06. The third-order valence-electron chi connectivity index (χ3n) is 5.70. The third kappa shape index (κ3) is 3.26. The van der Waals surface area contributed by atoms with E-state index in [1.54, 1.807) is 11.6 Å². The van der Waals surface area contributed by atoms with Crippen molar-refractivity contribution >= 4 is 15.9 Å². The molecule has 9 nitrogen and oxygen atoms in total. The quantitative estimate of drug-likeness (QED) is 0.638. The molecule has 10 heteroatoms. The zero-order valence-electron chi connectivity index (χ0n) is 15.2. The minimum absolute atomic E-state index is 0.0543. The molecule has 2 aliphatic heterocycles. The fourth-order valence-electron chi connectivity index (χ4n) is 4.33. The predicted octanol–water partition coefficient (Wildman–Crippen LogP) is -0.726. The van der Waals surface area contributed by atoms with E-state index in [0.717, 1.165) is 23.6 Å². The van der Waals surface area contributed by atoms with Gasteiger partial charge in [-0.1, -0.05) is 0 Å². The number of hydrogen-bond donors (Lipinski definition) is 2. The lowest BCUT2D eigenvalue weighted by molar-refractivity contribution is -0.132. The number of aryl methyl sites for hydroxylation is 1. The number of piperidine rings is 1. The number of nitrogens with zero attached hydrogens (tertiary/aromatic N) is 4. The maximum atomic E-state index is 12.5. The van der Waals surface area contributed by atoms with Gasteiger partial charge in [-0.2, -0.15) is 4.31 Å². The summed E-state index contributed by atoms with van der Waals surface area (Å²) in [6, 6.07) is 0.226. The minimum atomic E-state index is -3.77. The first kappa shape index (κ1) is 19.3. The Bertz CT molecular complexity index is 775. The van der Waals surface area contributed by atoms with Crippen molar-refractivity contribution in [2.24, 2.45) is 12.8 Å². The molecule has 0 saturated carbocycles. The maximum Gasteiger partial charge on any atom is 0.261 e. The number of aliphatic hydroxyl groups excluding tert-OH is 1. The van der Waals surface area contributed by atoms with Gasteiger partial charge in [0.2, 0.25) is 5.91 Å². The number of sulfonamides is 1. The molecule has 1 amide bonds. The number of imidazole rings is 1. The number of carbonyl (C=O) groups is 1. The van der Waals surface area contributed by atoms with Crippen LogP contribution in [0.25, 0.3) is 0 Å². The summed E-state index contributed by atoms with van der Waals surface area (Å²) in [7, 11) is -0.656. The predicted molar refractivity (Wildman–Crippen MR) is 94.5 cm³/mol. The molecular weight excluding hydrogens is 358 g/mol. The Morgan fingerprint density at radius 3 is 2.85 bits per heavy atom. The van der Waals surface area contributed by atoms with Crippen LogP contribution in [0.1, 0.15) is 32.1 Å². The second kappa shape index (κ2) is 6.91. The third-order valence-corrected chi connectivity index (χ3v) is 7.41. The van der Waals surface area contributed by atoms with Crippen molar-refractivity contribution in [3.63, 3.8) is 0 Å². The van der Waals surface area contributed by atoms with Gasteiger partial charge < -0.3 is 15.4 Å². The fraction of sp³-hybridized carbons (Fsp3) is 0.750. The van der Waals surface area contributed by atoms with Gasteiger partial charge in [-0.15, -0.1) is 0 Å². The first-order valence-corrected chi connectivity index (χ1v) is 10.3. The van der Waals surface area contributed by atoms with Crippen LogP contribution in [0.5, 0.6) is 0 Å². The molecule has 0 radical (unpaired) electrons. The molecule has 3 atom stereocenters. The van der Waals surface area contributed by atoms with E-state index in [0.29, 0.717) is 12.8 Å². The average molecular weight is 385 g/mol. The van der Waals surface area contributed by atoms with Crippen LogP contribution in [-0.2, 0) is 21.9 Å². The molecule has 2 bridgehead atoms. The summed E-state index contributed by atoms with van der Waals surface area (Å²) in [6.07, 6.45) is 6.14. The standard InChI is InChI=1S/C16H27N5O4S/c1-19-10-14(18-11-19)26(24,25)20(2)8-13(22)9-21-12-4-3-6-16(21,7-5-12)15(17)23/h10-13,22H,3-9H2,1-2H3,(H2,17,23)/t12-,13+,16+/m1/s1. The van der Waals surface area contributed by atoms with Gasteiger partial charge >= 0.3 is 0 Å². The topological polar surface area (TPSA) is 122 Å². The molecule has 1 aromatic rings. The summed E-state index contributed by atoms with van der Waals surface area (Å²) < 4.78 is 27.7. The van der Waals surface area contributed by atoms with Gasteiger partial charge in [-0.25, -0.2) is 13.4 Å². The smallest absolute Gasteiger partial charge is 0.261 e. The van der Waals surface area contributed by atoms with Crippen LogP contribution in [-0.4, -0.2) is 76.0 Å². The van der Waals surface area contributed by atoms with E-state index in [-0.39, 0.29) is 30.1 Å². The van der Waals surface area contributed by atoms with Crippen LogP contribution >= 0.6 is 0 Å². The number of primary amides is 1. The monoisotopic (exact) mass is 385 g/mol. The van der Waals surface area contributed by atoms with Crippen molar-refractivity contribution in [1.29, 1.82) is 0 Å². The maximum absolute atomic E-state index is 12.5. The van der Waals surface area contributed by atoms with E-state index in [1.807, 2.05) is 4.90 Å². The number of fused-ring (bicyclic) bond motifs is 2. The molecule has 2 saturated heterocycles. The van der Waals surface area contributed by atoms with Gasteiger partial charge in [0.25, 0.3) is 10.0 Å². The first-order valence-electron chi connectivity index (χ1n) is 8.86. The Morgan fingerprint density at radius 2 is 2.23 bits per heavy atom. The molecule has 0 unspecified atom stereocenters. The molecule has 146 valence electrons. The highest BCUT2D eigenvalue weighted by Gasteiger charge is 2.52. The molecule has 3 N–H and O–H groups in total. The molecule has 26 heavy (non-hydrogen) atoms. The summed E-state index contributed by atoms with van der Waals surface area (Å²) in [5.41, 5.74) is 4.98. The number of rotatable bonds is 7. The van der Waals surface area contributed by atoms with E-state index in [9.17, 15) is 18.3 Å². The number of likely N-dealkylation sites (N-methyl/N-ethyl adjacent to an activating group) is 1. The van der Waals surface area contributed by atoms with Crippen LogP contribution in [0.2, 0.25) is 0 Å². The Kier molecular flexibility index (Phi) is 5.13. The van der Waals surface area contributed by atoms with Crippen molar-refractivity contribution < 1.29 is 18.3 Å². The van der Waals surface area contributed by atoms with Gasteiger partial charge in [0, 0.05) is 39.4 Å². The number of aliphatic hydroxyl groups is 1. The SMILES string of the molecule is CN(C[C@H](O)CN1[C@@H]2CCC[C@@]1(C(N)=O)CC2)S(=O)(=O)c1cn(C)cn1. The Labute approximate surface area is 153 Å². The van der Waals surface area contributed by atoms with Crippen LogP contribution in [0.15, 0.2) is 17.6 Å². The largest absolute Gasteiger partial charge is 0.390 e. The second-order valence-electron chi connectivity index (χ2n) is 7.45. The highest BCUT2D eigenvalue weighted by molar-refractivity contribution is 7.89. The number of β-amino-alcohol motifs (C(OH)–C–C–N with tert-alkyl or cyclic N) is 1. The van der Waals surface area contributed by atoms with Crippen molar-refractivity contribution in [2.75, 3.05) is 20.1 Å². The lowest BCUT2D eigenvalue weighted by Gasteiger charge is -2.43. The van der Waals surface area contributed by atoms with Gasteiger partial charge in [0.15, 0.2) is 5.03 Å². The number of nitrogens with two attached hydrogens (primary N) is 1. The molecule has 3 rings (SSSR count). The minimum Gasteiger partial charge on any atom is -0.390 e. The molecule has 0 aromatic carbocycles. The number of hydrogen-bond acceptors (Lipinski definition) is 6. The van der Waals surface area contributed by atoms with Crippen molar-refractivity contribution in [1.82, 2.24) is 18.8 Å². The van der Waals surface area contributed by atoms with Gasteiger partial charge in [0.1, 0.15) is 5.54 Å². The van der Waals surface area contributed by atoms with Crippen molar-refractivity contribution in [2.45, 2.75) is 54.8 Å². The van der Waals surface area contributed by atoms with E-state index < -0.39 is 21.7 Å². The Balaban J connectivity index is 1.68. The highest BCUT2D eigenvalue weighted by Crippen LogP contribution is 2.43. The van der Waals surface area contributed by atoms with Crippen LogP contribution in [0.3, 0.4) is 0 Å². The molecular formula is C16H27N5O4S. The Hall–Kier alpha value is -1.49. The van der Waals surface area contributed by atoms with Crippen LogP contribution < -0.4 is 5.73 Å². The van der Waals surface area contributed by atoms with Gasteiger partial charge in [-0.05, 0) is 32.1 Å². The van der Waals surface area contributed by atoms with Gasteiger partial charge in [-0.3, -0.25) is 9.69 Å². The molecule has 2 aliphatic rings. The number of carbonyl (C=O) groups excluding carboxylic acids is 1. The summed E-state index contributed by atoms with van der Waals surface area (Å²) in [4.78, 5) is 18.0. The number of aromatic nitrogens is 2. The van der Waals surface area contributed by atoms with E-state index in [4.69, 9.17) is 5.73 Å². The number of amides is 1. The normalized spacial score (nSPS) is 27.8. The van der Waals surface area contributed by atoms with Crippen LogP contribution in [0.4, 0.5) is 0 Å². The lowest BCUT2D eigenvalue weighted by Crippen LogP contribution is -2.60. The zero-order chi connectivity index (χ0) is 19.1. The Morgan fingerprint density at radius 1 is 1.50 bits per heavy atom. The lowest BCUT2D eigenvalue weighted by atomic mass is 9.87. The summed E-state index contributed by atoms with van der Waals surface area (Å²) in [6.45, 7) is 0.159. The summed E-state index contributed by atoms with van der Waals surface area (Å²) in [5, 5.41) is 10.5. The second-order valence-corrected chi connectivity index (χ2v) is 9.44.